The Kier molecular flexibility index (Phi) is 2.33. The van der Waals surface area contributed by atoms with Gasteiger partial charge in [-0.1, -0.05) is 6.07 Å². The molecule has 0 saturated heterocycles. The van der Waals surface area contributed by atoms with Crippen molar-refractivity contribution < 1.29 is 4.74 Å². The molecule has 0 atom stereocenters. The molecule has 0 aliphatic rings. The van der Waals surface area contributed by atoms with Crippen molar-refractivity contribution in [1.29, 1.82) is 0 Å². The van der Waals surface area contributed by atoms with Crippen LogP contribution in [0.4, 0.5) is 5.69 Å². The van der Waals surface area contributed by atoms with Crippen LogP contribution in [0.2, 0.25) is 0 Å². The minimum atomic E-state index is 0.762. The number of methoxy groups -OCH3 is 1. The number of nitrogens with two attached hydrogens (primary N) is 1. The van der Waals surface area contributed by atoms with Crippen LogP contribution in [0.3, 0.4) is 0 Å². The second-order valence-electron chi connectivity index (χ2n) is 2.35. The molecule has 3 nitrogen and oxygen atoms in total. The largest absolute Gasteiger partial charge is 0.495 e. The number of anilines is 1. The standard InChI is InChI=1S/C8H12N2O/c1-6-3-4-8(11-2)7(5-6)10-9/h3-5,10H,9H2,1-2H3. The van der Waals surface area contributed by atoms with Gasteiger partial charge in [-0.2, -0.15) is 0 Å². The maximum Gasteiger partial charge on any atom is 0.143 e. The van der Waals surface area contributed by atoms with Gasteiger partial charge in [-0.05, 0) is 24.6 Å². The molecule has 0 fully saturated rings. The molecule has 0 radical (unpaired) electrons. The van der Waals surface area contributed by atoms with Crippen LogP contribution in [0.5, 0.6) is 5.75 Å². The fourth-order valence-corrected chi connectivity index (χ4v) is 0.935. The van der Waals surface area contributed by atoms with Crippen molar-refractivity contribution in [3.05, 3.63) is 23.8 Å². The van der Waals surface area contributed by atoms with Gasteiger partial charge >= 0.3 is 0 Å². The molecule has 11 heavy (non-hydrogen) atoms. The molecule has 60 valence electrons. The second-order valence-corrected chi connectivity index (χ2v) is 2.35. The summed E-state index contributed by atoms with van der Waals surface area (Å²) in [7, 11) is 1.62. The van der Waals surface area contributed by atoms with E-state index in [4.69, 9.17) is 10.6 Å². The fraction of sp³-hybridized carbons (Fsp3) is 0.250. The highest BCUT2D eigenvalue weighted by Crippen LogP contribution is 2.23. The van der Waals surface area contributed by atoms with Crippen molar-refractivity contribution in [2.24, 2.45) is 5.84 Å². The highest BCUT2D eigenvalue weighted by Gasteiger charge is 1.98. The highest BCUT2D eigenvalue weighted by atomic mass is 16.5. The number of ether oxygens (including phenoxy) is 1. The molecule has 0 bridgehead atoms. The van der Waals surface area contributed by atoms with Gasteiger partial charge in [-0.15, -0.1) is 0 Å². The van der Waals surface area contributed by atoms with Crippen molar-refractivity contribution in [3.8, 4) is 5.75 Å². The van der Waals surface area contributed by atoms with Crippen LogP contribution in [0.1, 0.15) is 5.56 Å². The maximum atomic E-state index is 5.27. The van der Waals surface area contributed by atoms with E-state index < -0.39 is 0 Å². The maximum absolute atomic E-state index is 5.27. The number of hydrogen-bond donors (Lipinski definition) is 2. The third-order valence-electron chi connectivity index (χ3n) is 1.51. The van der Waals surface area contributed by atoms with Gasteiger partial charge in [0.25, 0.3) is 0 Å². The molecule has 0 aromatic heterocycles. The third kappa shape index (κ3) is 1.62. The third-order valence-corrected chi connectivity index (χ3v) is 1.51. The molecule has 0 aliphatic carbocycles. The Labute approximate surface area is 66.1 Å². The van der Waals surface area contributed by atoms with Crippen LogP contribution < -0.4 is 16.0 Å². The summed E-state index contributed by atoms with van der Waals surface area (Å²) in [6, 6.07) is 5.78. The fourth-order valence-electron chi connectivity index (χ4n) is 0.935. The Bertz CT molecular complexity index is 248. The zero-order valence-electron chi connectivity index (χ0n) is 6.72. The van der Waals surface area contributed by atoms with Gasteiger partial charge < -0.3 is 10.2 Å². The monoisotopic (exact) mass is 152 g/mol. The second kappa shape index (κ2) is 3.25. The SMILES string of the molecule is COc1ccc(C)cc1NN. The number of rotatable bonds is 2. The lowest BCUT2D eigenvalue weighted by atomic mass is 10.2. The predicted octanol–water partition coefficient (Wildman–Crippen LogP) is 1.29. The van der Waals surface area contributed by atoms with Crippen LogP contribution in [-0.2, 0) is 0 Å². The minimum absolute atomic E-state index is 0.762. The van der Waals surface area contributed by atoms with Crippen LogP contribution in [0.15, 0.2) is 18.2 Å². The number of nitrogens with one attached hydrogen (secondary N) is 1. The van der Waals surface area contributed by atoms with Crippen molar-refractivity contribution >= 4 is 5.69 Å². The number of benzene rings is 1. The molecule has 1 rings (SSSR count). The first kappa shape index (κ1) is 7.88. The summed E-state index contributed by atoms with van der Waals surface area (Å²) in [5.41, 5.74) is 4.53. The zero-order chi connectivity index (χ0) is 8.27. The van der Waals surface area contributed by atoms with E-state index in [-0.39, 0.29) is 0 Å². The Morgan fingerprint density at radius 2 is 2.18 bits per heavy atom. The van der Waals surface area contributed by atoms with E-state index in [0.717, 1.165) is 17.0 Å². The van der Waals surface area contributed by atoms with Gasteiger partial charge in [0.05, 0.1) is 12.8 Å². The lowest BCUT2D eigenvalue weighted by molar-refractivity contribution is 0.416. The zero-order valence-corrected chi connectivity index (χ0v) is 6.72. The van der Waals surface area contributed by atoms with Gasteiger partial charge in [0, 0.05) is 0 Å². The number of nitrogen functional groups attached to an aromatic ring is 1. The average molecular weight is 152 g/mol. The molecule has 3 heteroatoms. The van der Waals surface area contributed by atoms with Gasteiger partial charge in [0.15, 0.2) is 0 Å². The summed E-state index contributed by atoms with van der Waals surface area (Å²) in [5, 5.41) is 0. The predicted molar refractivity (Wildman–Crippen MR) is 45.5 cm³/mol. The quantitative estimate of drug-likeness (QED) is 0.496. The summed E-state index contributed by atoms with van der Waals surface area (Å²) in [4.78, 5) is 0. The molecule has 0 amide bonds. The molecule has 0 spiro atoms. The first-order valence-electron chi connectivity index (χ1n) is 3.39. The van der Waals surface area contributed by atoms with Crippen molar-refractivity contribution in [3.63, 3.8) is 0 Å². The van der Waals surface area contributed by atoms with Crippen LogP contribution in [0, 0.1) is 6.92 Å². The van der Waals surface area contributed by atoms with E-state index >= 15 is 0 Å². The Morgan fingerprint density at radius 3 is 2.73 bits per heavy atom. The van der Waals surface area contributed by atoms with Crippen molar-refractivity contribution in [2.75, 3.05) is 12.5 Å². The molecule has 1 aromatic rings. The molecule has 0 unspecified atom stereocenters. The summed E-state index contributed by atoms with van der Waals surface area (Å²) < 4.78 is 5.05. The van der Waals surface area contributed by atoms with Gasteiger partial charge in [-0.25, -0.2) is 0 Å². The minimum Gasteiger partial charge on any atom is -0.495 e. The average Bonchev–Trinajstić information content (AvgIpc) is 2.04. The topological polar surface area (TPSA) is 47.3 Å². The number of hydrogen-bond acceptors (Lipinski definition) is 3. The van der Waals surface area contributed by atoms with E-state index in [1.54, 1.807) is 7.11 Å². The van der Waals surface area contributed by atoms with Crippen molar-refractivity contribution in [1.82, 2.24) is 0 Å². The molecule has 0 heterocycles. The van der Waals surface area contributed by atoms with E-state index in [2.05, 4.69) is 5.43 Å². The first-order valence-corrected chi connectivity index (χ1v) is 3.39. The smallest absolute Gasteiger partial charge is 0.143 e. The van der Waals surface area contributed by atoms with Crippen LogP contribution in [0.25, 0.3) is 0 Å². The lowest BCUT2D eigenvalue weighted by Crippen LogP contribution is -2.08. The molecule has 0 saturated carbocycles. The molecule has 3 N–H and O–H groups in total. The van der Waals surface area contributed by atoms with E-state index in [1.165, 1.54) is 0 Å². The van der Waals surface area contributed by atoms with E-state index in [9.17, 15) is 0 Å². The Hall–Kier alpha value is -1.22. The molecular weight excluding hydrogens is 140 g/mol. The molecule has 1 aromatic carbocycles. The van der Waals surface area contributed by atoms with Crippen LogP contribution >= 0.6 is 0 Å². The van der Waals surface area contributed by atoms with Crippen molar-refractivity contribution in [2.45, 2.75) is 6.92 Å². The highest BCUT2D eigenvalue weighted by molar-refractivity contribution is 5.56. The first-order chi connectivity index (χ1) is 5.27. The van der Waals surface area contributed by atoms with Gasteiger partial charge in [0.1, 0.15) is 5.75 Å². The summed E-state index contributed by atoms with van der Waals surface area (Å²) >= 11 is 0. The summed E-state index contributed by atoms with van der Waals surface area (Å²) in [5.74, 6) is 6.03. The molecular formula is C8H12N2O. The van der Waals surface area contributed by atoms with Gasteiger partial charge in [-0.3, -0.25) is 5.84 Å². The van der Waals surface area contributed by atoms with Crippen LogP contribution in [-0.4, -0.2) is 7.11 Å². The summed E-state index contributed by atoms with van der Waals surface area (Å²) in [6.45, 7) is 2.00. The Morgan fingerprint density at radius 1 is 1.45 bits per heavy atom. The lowest BCUT2D eigenvalue weighted by Gasteiger charge is -2.07. The van der Waals surface area contributed by atoms with Gasteiger partial charge in [0.2, 0.25) is 0 Å². The number of hydrazine groups is 1. The summed E-state index contributed by atoms with van der Waals surface area (Å²) in [6.07, 6.45) is 0. The normalized spacial score (nSPS) is 9.36. The molecule has 0 aliphatic heterocycles. The Balaban J connectivity index is 3.06. The van der Waals surface area contributed by atoms with E-state index in [1.807, 2.05) is 25.1 Å². The van der Waals surface area contributed by atoms with E-state index in [0.29, 0.717) is 0 Å². The number of aryl methyl sites for hydroxylation is 1.